The third kappa shape index (κ3) is 2.19. The van der Waals surface area contributed by atoms with Crippen LogP contribution in [0, 0.1) is 5.92 Å². The van der Waals surface area contributed by atoms with Gasteiger partial charge in [-0.3, -0.25) is 4.79 Å². The van der Waals surface area contributed by atoms with Crippen molar-refractivity contribution in [3.63, 3.8) is 0 Å². The van der Waals surface area contributed by atoms with E-state index in [2.05, 4.69) is 13.0 Å². The predicted molar refractivity (Wildman–Crippen MR) is 80.4 cm³/mol. The zero-order valence-corrected chi connectivity index (χ0v) is 12.8. The Bertz CT molecular complexity index is 590. The first-order chi connectivity index (χ1) is 10.1. The lowest BCUT2D eigenvalue weighted by molar-refractivity contribution is -0.123. The van der Waals surface area contributed by atoms with Crippen molar-refractivity contribution in [2.75, 3.05) is 7.11 Å². The van der Waals surface area contributed by atoms with Gasteiger partial charge in [-0.2, -0.15) is 0 Å². The van der Waals surface area contributed by atoms with E-state index in [1.807, 2.05) is 12.1 Å². The lowest BCUT2D eigenvalue weighted by Gasteiger charge is -2.48. The molecule has 0 radical (unpaired) electrons. The first kappa shape index (κ1) is 14.3. The minimum Gasteiger partial charge on any atom is -0.465 e. The summed E-state index contributed by atoms with van der Waals surface area (Å²) in [7, 11) is 1.41. The van der Waals surface area contributed by atoms with Crippen molar-refractivity contribution >= 4 is 11.8 Å². The van der Waals surface area contributed by atoms with Gasteiger partial charge in [0.25, 0.3) is 0 Å². The first-order valence-corrected chi connectivity index (χ1v) is 7.84. The second kappa shape index (κ2) is 5.28. The largest absolute Gasteiger partial charge is 0.465 e. The molecule has 1 aromatic carbocycles. The van der Waals surface area contributed by atoms with Crippen molar-refractivity contribution in [2.45, 2.75) is 50.9 Å². The number of hydrogen-bond acceptors (Lipinski definition) is 3. The highest BCUT2D eigenvalue weighted by molar-refractivity contribution is 5.89. The van der Waals surface area contributed by atoms with Crippen LogP contribution in [0.15, 0.2) is 18.2 Å². The van der Waals surface area contributed by atoms with E-state index in [4.69, 9.17) is 4.74 Å². The van der Waals surface area contributed by atoms with E-state index in [-0.39, 0.29) is 11.4 Å². The monoisotopic (exact) mass is 286 g/mol. The quantitative estimate of drug-likeness (QED) is 0.782. The Balaban J connectivity index is 2.04. The Morgan fingerprint density at radius 3 is 2.90 bits per heavy atom. The summed E-state index contributed by atoms with van der Waals surface area (Å²) in [6.45, 7) is 2.23. The van der Waals surface area contributed by atoms with Gasteiger partial charge in [-0.25, -0.2) is 4.79 Å². The molecule has 1 fully saturated rings. The highest BCUT2D eigenvalue weighted by Crippen LogP contribution is 2.51. The summed E-state index contributed by atoms with van der Waals surface area (Å²) in [5, 5.41) is 0. The maximum Gasteiger partial charge on any atom is 0.337 e. The number of rotatable bonds is 2. The molecule has 2 aliphatic rings. The van der Waals surface area contributed by atoms with Crippen molar-refractivity contribution < 1.29 is 14.3 Å². The molecule has 2 atom stereocenters. The lowest BCUT2D eigenvalue weighted by Crippen LogP contribution is -2.43. The zero-order chi connectivity index (χ0) is 15.0. The van der Waals surface area contributed by atoms with Gasteiger partial charge in [0.15, 0.2) is 0 Å². The fourth-order valence-corrected chi connectivity index (χ4v) is 4.39. The average molecular weight is 286 g/mol. The Morgan fingerprint density at radius 1 is 1.38 bits per heavy atom. The lowest BCUT2D eigenvalue weighted by atomic mass is 9.56. The van der Waals surface area contributed by atoms with E-state index >= 15 is 0 Å². The standard InChI is InChI=1S/C18H22O3/c1-3-18-9-8-15(19)11-14(18)6-4-12-10-13(17(20)21-2)5-7-16(12)18/h5,7,10,14H,3-4,6,8-9,11H2,1-2H3/t14?,18-/m0/s1. The number of carbonyl (C=O) groups is 2. The molecule has 0 saturated heterocycles. The van der Waals surface area contributed by atoms with Crippen LogP contribution in [0.2, 0.25) is 0 Å². The van der Waals surface area contributed by atoms with Gasteiger partial charge in [-0.05, 0) is 60.3 Å². The van der Waals surface area contributed by atoms with Crippen LogP contribution in [0.3, 0.4) is 0 Å². The molecule has 0 bridgehead atoms. The molecule has 0 spiro atoms. The number of fused-ring (bicyclic) bond motifs is 3. The van der Waals surface area contributed by atoms with Gasteiger partial charge in [0.05, 0.1) is 12.7 Å². The van der Waals surface area contributed by atoms with Crippen LogP contribution in [-0.2, 0) is 21.4 Å². The van der Waals surface area contributed by atoms with Crippen molar-refractivity contribution in [3.8, 4) is 0 Å². The maximum atomic E-state index is 11.8. The fraction of sp³-hybridized carbons (Fsp3) is 0.556. The second-order valence-corrected chi connectivity index (χ2v) is 6.35. The number of esters is 1. The summed E-state index contributed by atoms with van der Waals surface area (Å²) < 4.78 is 4.82. The molecular formula is C18H22O3. The third-order valence-electron chi connectivity index (χ3n) is 5.56. The van der Waals surface area contributed by atoms with Gasteiger partial charge >= 0.3 is 5.97 Å². The van der Waals surface area contributed by atoms with Gasteiger partial charge in [0, 0.05) is 12.8 Å². The summed E-state index contributed by atoms with van der Waals surface area (Å²) in [5.41, 5.74) is 3.40. The zero-order valence-electron chi connectivity index (χ0n) is 12.8. The highest BCUT2D eigenvalue weighted by Gasteiger charge is 2.46. The van der Waals surface area contributed by atoms with Gasteiger partial charge in [0.1, 0.15) is 5.78 Å². The normalized spacial score (nSPS) is 27.7. The number of carbonyl (C=O) groups excluding carboxylic acids is 2. The Hall–Kier alpha value is -1.64. The fourth-order valence-electron chi connectivity index (χ4n) is 4.39. The Kier molecular flexibility index (Phi) is 3.60. The second-order valence-electron chi connectivity index (χ2n) is 6.35. The van der Waals surface area contributed by atoms with Crippen LogP contribution in [0.5, 0.6) is 0 Å². The van der Waals surface area contributed by atoms with Gasteiger partial charge in [-0.1, -0.05) is 13.0 Å². The molecule has 3 nitrogen and oxygen atoms in total. The number of hydrogen-bond donors (Lipinski definition) is 0. The van der Waals surface area contributed by atoms with Crippen molar-refractivity contribution in [3.05, 3.63) is 34.9 Å². The van der Waals surface area contributed by atoms with Crippen LogP contribution in [0.4, 0.5) is 0 Å². The highest BCUT2D eigenvalue weighted by atomic mass is 16.5. The molecule has 3 heteroatoms. The molecule has 1 aromatic rings. The molecule has 112 valence electrons. The smallest absolute Gasteiger partial charge is 0.337 e. The van der Waals surface area contributed by atoms with Crippen molar-refractivity contribution in [2.24, 2.45) is 5.92 Å². The predicted octanol–water partition coefficient (Wildman–Crippen LogP) is 3.44. The first-order valence-electron chi connectivity index (χ1n) is 7.84. The van der Waals surface area contributed by atoms with Crippen LogP contribution in [0.1, 0.15) is 60.5 Å². The number of aryl methyl sites for hydroxylation is 1. The summed E-state index contributed by atoms with van der Waals surface area (Å²) >= 11 is 0. The Morgan fingerprint density at radius 2 is 2.19 bits per heavy atom. The van der Waals surface area contributed by atoms with E-state index < -0.39 is 0 Å². The van der Waals surface area contributed by atoms with Crippen molar-refractivity contribution in [1.29, 1.82) is 0 Å². The van der Waals surface area contributed by atoms with E-state index in [9.17, 15) is 9.59 Å². The molecule has 3 rings (SSSR count). The summed E-state index contributed by atoms with van der Waals surface area (Å²) in [6, 6.07) is 5.97. The maximum absolute atomic E-state index is 11.8. The van der Waals surface area contributed by atoms with Crippen LogP contribution >= 0.6 is 0 Å². The number of benzene rings is 1. The topological polar surface area (TPSA) is 43.4 Å². The molecule has 1 saturated carbocycles. The molecular weight excluding hydrogens is 264 g/mol. The molecule has 1 unspecified atom stereocenters. The van der Waals surface area contributed by atoms with Crippen LogP contribution < -0.4 is 0 Å². The minimum absolute atomic E-state index is 0.135. The number of Topliss-reactive ketones (excluding diaryl/α,β-unsaturated/α-hetero) is 1. The molecule has 0 heterocycles. The Labute approximate surface area is 125 Å². The molecule has 2 aliphatic carbocycles. The molecule has 0 aliphatic heterocycles. The number of methoxy groups -OCH3 is 1. The van der Waals surface area contributed by atoms with Crippen LogP contribution in [0.25, 0.3) is 0 Å². The SMILES string of the molecule is CC[C@]12CCC(=O)CC1CCc1cc(C(=O)OC)ccc12. The minimum atomic E-state index is -0.274. The van der Waals surface area contributed by atoms with E-state index in [0.717, 1.165) is 32.1 Å². The summed E-state index contributed by atoms with van der Waals surface area (Å²) in [4.78, 5) is 23.5. The molecule has 0 amide bonds. The van der Waals surface area contributed by atoms with Crippen LogP contribution in [-0.4, -0.2) is 18.9 Å². The van der Waals surface area contributed by atoms with E-state index in [1.165, 1.54) is 18.2 Å². The number of ketones is 1. The summed E-state index contributed by atoms with van der Waals surface area (Å²) in [6.07, 6.45) is 5.46. The molecule has 21 heavy (non-hydrogen) atoms. The van der Waals surface area contributed by atoms with Gasteiger partial charge in [0.2, 0.25) is 0 Å². The third-order valence-corrected chi connectivity index (χ3v) is 5.56. The molecule has 0 aromatic heterocycles. The van der Waals surface area contributed by atoms with E-state index in [0.29, 0.717) is 23.7 Å². The number of ether oxygens (including phenoxy) is 1. The van der Waals surface area contributed by atoms with E-state index in [1.54, 1.807) is 0 Å². The van der Waals surface area contributed by atoms with Crippen molar-refractivity contribution in [1.82, 2.24) is 0 Å². The summed E-state index contributed by atoms with van der Waals surface area (Å²) in [5.74, 6) is 0.614. The van der Waals surface area contributed by atoms with Gasteiger partial charge < -0.3 is 4.74 Å². The average Bonchev–Trinajstić information content (AvgIpc) is 2.53. The van der Waals surface area contributed by atoms with Gasteiger partial charge in [-0.15, -0.1) is 0 Å². The molecule has 0 N–H and O–H groups in total.